The zero-order valence-corrected chi connectivity index (χ0v) is 8.70. The maximum Gasteiger partial charge on any atom is 0.152 e. The molecule has 0 N–H and O–H groups in total. The molecule has 3 heterocycles. The molecule has 2 aliphatic rings. The number of rotatable bonds is 0. The third-order valence-electron chi connectivity index (χ3n) is 3.38. The van der Waals surface area contributed by atoms with Gasteiger partial charge in [-0.15, -0.1) is 0 Å². The van der Waals surface area contributed by atoms with Crippen LogP contribution in [0.3, 0.4) is 0 Å². The van der Waals surface area contributed by atoms with E-state index in [1.807, 2.05) is 0 Å². The first-order chi connectivity index (χ1) is 6.75. The second-order valence-corrected chi connectivity index (χ2v) is 4.29. The maximum absolute atomic E-state index is 4.62. The van der Waals surface area contributed by atoms with Crippen molar-refractivity contribution < 1.29 is 0 Å². The Morgan fingerprint density at radius 3 is 3.14 bits per heavy atom. The first-order valence-electron chi connectivity index (χ1n) is 5.21. The fraction of sp³-hybridized carbons (Fsp3) is 0.545. The molecule has 3 heteroatoms. The number of nitrogens with zero attached hydrogens (tertiary/aromatic N) is 3. The summed E-state index contributed by atoms with van der Waals surface area (Å²) in [6.07, 6.45) is 1.27. The van der Waals surface area contributed by atoms with E-state index in [4.69, 9.17) is 0 Å². The summed E-state index contributed by atoms with van der Waals surface area (Å²) < 4.78 is 0. The minimum Gasteiger partial charge on any atom is -0.366 e. The van der Waals surface area contributed by atoms with E-state index in [9.17, 15) is 0 Å². The standard InChI is InChI=1S/C11H15N3/c1-8-3-4-10-11(12-8)13(2)9-5-6-14(10)7-9/h3-4,9H,5-7H2,1-2H3/t9-/m0/s1. The van der Waals surface area contributed by atoms with Crippen LogP contribution in [0.4, 0.5) is 11.5 Å². The van der Waals surface area contributed by atoms with Gasteiger partial charge in [0, 0.05) is 31.9 Å². The summed E-state index contributed by atoms with van der Waals surface area (Å²) in [4.78, 5) is 9.41. The van der Waals surface area contributed by atoms with E-state index in [0.29, 0.717) is 6.04 Å². The van der Waals surface area contributed by atoms with Gasteiger partial charge in [0.25, 0.3) is 0 Å². The number of likely N-dealkylation sites (N-methyl/N-ethyl adjacent to an activating group) is 1. The number of fused-ring (bicyclic) bond motifs is 4. The van der Waals surface area contributed by atoms with Crippen molar-refractivity contribution >= 4 is 11.5 Å². The van der Waals surface area contributed by atoms with E-state index in [-0.39, 0.29) is 0 Å². The molecule has 1 saturated heterocycles. The van der Waals surface area contributed by atoms with Crippen molar-refractivity contribution in [3.8, 4) is 0 Å². The molecular weight excluding hydrogens is 174 g/mol. The minimum absolute atomic E-state index is 0.678. The molecule has 0 amide bonds. The Balaban J connectivity index is 2.16. The van der Waals surface area contributed by atoms with Gasteiger partial charge in [-0.1, -0.05) is 0 Å². The first kappa shape index (κ1) is 8.09. The Bertz CT molecular complexity index is 375. The van der Waals surface area contributed by atoms with Crippen molar-refractivity contribution in [1.82, 2.24) is 4.98 Å². The number of hydrogen-bond donors (Lipinski definition) is 0. The lowest BCUT2D eigenvalue weighted by molar-refractivity contribution is 0.671. The zero-order chi connectivity index (χ0) is 9.71. The summed E-state index contributed by atoms with van der Waals surface area (Å²) in [6, 6.07) is 4.98. The van der Waals surface area contributed by atoms with Crippen LogP contribution in [0.15, 0.2) is 12.1 Å². The molecule has 0 spiro atoms. The van der Waals surface area contributed by atoms with E-state index in [0.717, 1.165) is 5.69 Å². The number of aromatic nitrogens is 1. The molecular formula is C11H15N3. The molecule has 3 rings (SSSR count). The largest absolute Gasteiger partial charge is 0.366 e. The highest BCUT2D eigenvalue weighted by atomic mass is 15.3. The molecule has 1 fully saturated rings. The van der Waals surface area contributed by atoms with Crippen molar-refractivity contribution in [2.24, 2.45) is 0 Å². The average molecular weight is 189 g/mol. The van der Waals surface area contributed by atoms with Gasteiger partial charge in [-0.3, -0.25) is 0 Å². The van der Waals surface area contributed by atoms with Crippen molar-refractivity contribution in [1.29, 1.82) is 0 Å². The summed E-state index contributed by atoms with van der Waals surface area (Å²) >= 11 is 0. The maximum atomic E-state index is 4.62. The summed E-state index contributed by atoms with van der Waals surface area (Å²) in [5, 5.41) is 0. The highest BCUT2D eigenvalue weighted by Crippen LogP contribution is 2.37. The van der Waals surface area contributed by atoms with Crippen LogP contribution in [0, 0.1) is 6.92 Å². The molecule has 74 valence electrons. The van der Waals surface area contributed by atoms with Gasteiger partial charge in [-0.05, 0) is 25.5 Å². The highest BCUT2D eigenvalue weighted by Gasteiger charge is 2.34. The van der Waals surface area contributed by atoms with Crippen LogP contribution in [0.1, 0.15) is 12.1 Å². The number of hydrogen-bond acceptors (Lipinski definition) is 3. The van der Waals surface area contributed by atoms with Gasteiger partial charge in [-0.25, -0.2) is 4.98 Å². The SMILES string of the molecule is Cc1ccc2c(n1)N(C)[C@H]1CCN2C1. The summed E-state index contributed by atoms with van der Waals surface area (Å²) in [5.41, 5.74) is 2.42. The third-order valence-corrected chi connectivity index (χ3v) is 3.38. The van der Waals surface area contributed by atoms with E-state index >= 15 is 0 Å². The van der Waals surface area contributed by atoms with Gasteiger partial charge in [0.05, 0.1) is 5.69 Å². The second kappa shape index (κ2) is 2.62. The molecule has 3 nitrogen and oxygen atoms in total. The van der Waals surface area contributed by atoms with Gasteiger partial charge in [0.15, 0.2) is 5.82 Å². The minimum atomic E-state index is 0.678. The van der Waals surface area contributed by atoms with Crippen molar-refractivity contribution in [2.75, 3.05) is 29.9 Å². The molecule has 0 radical (unpaired) electrons. The topological polar surface area (TPSA) is 19.4 Å². The Kier molecular flexibility index (Phi) is 1.52. The monoisotopic (exact) mass is 189 g/mol. The molecule has 2 bridgehead atoms. The van der Waals surface area contributed by atoms with Crippen molar-refractivity contribution in [3.05, 3.63) is 17.8 Å². The van der Waals surface area contributed by atoms with Crippen molar-refractivity contribution in [2.45, 2.75) is 19.4 Å². The Morgan fingerprint density at radius 2 is 2.29 bits per heavy atom. The number of aryl methyl sites for hydroxylation is 1. The predicted molar refractivity (Wildman–Crippen MR) is 58.0 cm³/mol. The lowest BCUT2D eigenvalue weighted by Gasteiger charge is -2.34. The van der Waals surface area contributed by atoms with Crippen LogP contribution in [0.2, 0.25) is 0 Å². The Hall–Kier alpha value is -1.25. The van der Waals surface area contributed by atoms with Crippen LogP contribution >= 0.6 is 0 Å². The normalized spacial score (nSPS) is 24.0. The first-order valence-corrected chi connectivity index (χ1v) is 5.21. The molecule has 1 aromatic heterocycles. The van der Waals surface area contributed by atoms with Crippen LogP contribution in [0.5, 0.6) is 0 Å². The average Bonchev–Trinajstić information content (AvgIpc) is 2.61. The van der Waals surface area contributed by atoms with E-state index in [1.54, 1.807) is 0 Å². The zero-order valence-electron chi connectivity index (χ0n) is 8.70. The molecule has 1 aromatic rings. The molecule has 0 aromatic carbocycles. The lowest BCUT2D eigenvalue weighted by atomic mass is 10.2. The number of anilines is 2. The van der Waals surface area contributed by atoms with Gasteiger partial charge >= 0.3 is 0 Å². The van der Waals surface area contributed by atoms with Gasteiger partial charge in [0.1, 0.15) is 0 Å². The van der Waals surface area contributed by atoms with Crippen LogP contribution in [0.25, 0.3) is 0 Å². The third kappa shape index (κ3) is 0.953. The summed E-state index contributed by atoms with van der Waals surface area (Å²) in [5.74, 6) is 1.17. The summed E-state index contributed by atoms with van der Waals surface area (Å²) in [7, 11) is 2.17. The van der Waals surface area contributed by atoms with Crippen LogP contribution in [-0.4, -0.2) is 31.2 Å². The molecule has 0 unspecified atom stereocenters. The highest BCUT2D eigenvalue weighted by molar-refractivity contribution is 5.71. The van der Waals surface area contributed by atoms with Gasteiger partial charge in [-0.2, -0.15) is 0 Å². The Morgan fingerprint density at radius 1 is 1.43 bits per heavy atom. The van der Waals surface area contributed by atoms with Gasteiger partial charge in [0.2, 0.25) is 0 Å². The quantitative estimate of drug-likeness (QED) is 0.615. The van der Waals surface area contributed by atoms with Gasteiger partial charge < -0.3 is 9.80 Å². The van der Waals surface area contributed by atoms with E-state index < -0.39 is 0 Å². The van der Waals surface area contributed by atoms with E-state index in [2.05, 4.69) is 40.9 Å². The second-order valence-electron chi connectivity index (χ2n) is 4.29. The lowest BCUT2D eigenvalue weighted by Crippen LogP contribution is -2.40. The van der Waals surface area contributed by atoms with Crippen molar-refractivity contribution in [3.63, 3.8) is 0 Å². The molecule has 1 atom stereocenters. The molecule has 2 aliphatic heterocycles. The molecule has 14 heavy (non-hydrogen) atoms. The smallest absolute Gasteiger partial charge is 0.152 e. The fourth-order valence-corrected chi connectivity index (χ4v) is 2.49. The molecule has 0 saturated carbocycles. The number of pyridine rings is 1. The van der Waals surface area contributed by atoms with Crippen LogP contribution in [-0.2, 0) is 0 Å². The van der Waals surface area contributed by atoms with E-state index in [1.165, 1.54) is 31.0 Å². The molecule has 0 aliphatic carbocycles. The Labute approximate surface area is 84.3 Å². The summed E-state index contributed by atoms with van der Waals surface area (Å²) in [6.45, 7) is 4.42. The fourth-order valence-electron chi connectivity index (χ4n) is 2.49. The van der Waals surface area contributed by atoms with Crippen LogP contribution < -0.4 is 9.80 Å². The predicted octanol–water partition coefficient (Wildman–Crippen LogP) is 1.42.